The van der Waals surface area contributed by atoms with Crippen LogP contribution in [-0.2, 0) is 6.54 Å². The van der Waals surface area contributed by atoms with Crippen LogP contribution in [-0.4, -0.2) is 49.2 Å². The summed E-state index contributed by atoms with van der Waals surface area (Å²) in [7, 11) is 0. The van der Waals surface area contributed by atoms with Crippen LogP contribution in [0.2, 0.25) is 0 Å². The fourth-order valence-corrected chi connectivity index (χ4v) is 5.11. The summed E-state index contributed by atoms with van der Waals surface area (Å²) in [5.41, 5.74) is 0.661. The van der Waals surface area contributed by atoms with Crippen molar-refractivity contribution in [3.05, 3.63) is 40.4 Å². The van der Waals surface area contributed by atoms with Crippen molar-refractivity contribution < 1.29 is 17.7 Å². The zero-order chi connectivity index (χ0) is 22.5. The summed E-state index contributed by atoms with van der Waals surface area (Å²) < 4.78 is 49.1. The zero-order valence-electron chi connectivity index (χ0n) is 17.9. The lowest BCUT2D eigenvalue weighted by atomic mass is 9.88. The Morgan fingerprint density at radius 3 is 2.53 bits per heavy atom. The van der Waals surface area contributed by atoms with Crippen LogP contribution >= 0.6 is 0 Å². The van der Waals surface area contributed by atoms with E-state index in [2.05, 4.69) is 15.0 Å². The molecule has 2 aliphatic rings. The van der Waals surface area contributed by atoms with Gasteiger partial charge in [-0.1, -0.05) is 0 Å². The van der Waals surface area contributed by atoms with E-state index in [1.54, 1.807) is 6.07 Å². The minimum atomic E-state index is -2.52. The summed E-state index contributed by atoms with van der Waals surface area (Å²) in [5, 5.41) is 4.02. The molecule has 3 aromatic rings. The van der Waals surface area contributed by atoms with E-state index in [1.807, 2.05) is 6.92 Å². The SMILES string of the molecule is CCn1c(=O)n(-c2noc(C3CCN(C4CCC(F)(F)CC4)CC3)n2)c2cc(F)ccc21. The Morgan fingerprint density at radius 1 is 1.12 bits per heavy atom. The van der Waals surface area contributed by atoms with Crippen LogP contribution in [0, 0.1) is 5.82 Å². The van der Waals surface area contributed by atoms with Gasteiger partial charge in [0.05, 0.1) is 11.0 Å². The molecule has 1 aliphatic carbocycles. The molecule has 0 atom stereocenters. The number of hydrogen-bond donors (Lipinski definition) is 0. The van der Waals surface area contributed by atoms with E-state index in [-0.39, 0.29) is 36.4 Å². The van der Waals surface area contributed by atoms with Crippen LogP contribution in [0.3, 0.4) is 0 Å². The Balaban J connectivity index is 1.33. The van der Waals surface area contributed by atoms with Crippen molar-refractivity contribution in [2.75, 3.05) is 13.1 Å². The fourth-order valence-electron chi connectivity index (χ4n) is 5.11. The molecule has 1 aromatic carbocycles. The third-order valence-corrected chi connectivity index (χ3v) is 6.92. The van der Waals surface area contributed by atoms with Gasteiger partial charge >= 0.3 is 5.69 Å². The summed E-state index contributed by atoms with van der Waals surface area (Å²) in [4.78, 5) is 19.7. The average Bonchev–Trinajstić information content (AvgIpc) is 3.35. The molecular formula is C22H26F3N5O2. The van der Waals surface area contributed by atoms with Gasteiger partial charge in [-0.15, -0.1) is 0 Å². The second kappa shape index (κ2) is 8.06. The van der Waals surface area contributed by atoms with Gasteiger partial charge in [0.15, 0.2) is 0 Å². The Morgan fingerprint density at radius 2 is 1.84 bits per heavy atom. The maximum Gasteiger partial charge on any atom is 0.336 e. The summed E-state index contributed by atoms with van der Waals surface area (Å²) in [6, 6.07) is 4.40. The number of nitrogens with zero attached hydrogens (tertiary/aromatic N) is 5. The van der Waals surface area contributed by atoms with E-state index >= 15 is 0 Å². The standard InChI is InChI=1S/C22H26F3N5O2/c1-2-29-17-4-3-15(23)13-18(17)30(21(29)31)20-26-19(32-27-20)14-7-11-28(12-8-14)16-5-9-22(24,25)10-6-16/h3-4,13-14,16H,2,5-12H2,1H3. The quantitative estimate of drug-likeness (QED) is 0.600. The lowest BCUT2D eigenvalue weighted by Crippen LogP contribution is -2.44. The molecule has 0 amide bonds. The molecule has 7 nitrogen and oxygen atoms in total. The highest BCUT2D eigenvalue weighted by Crippen LogP contribution is 2.37. The predicted octanol–water partition coefficient (Wildman–Crippen LogP) is 4.09. The molecule has 0 spiro atoms. The number of imidazole rings is 1. The van der Waals surface area contributed by atoms with Crippen molar-refractivity contribution in [1.82, 2.24) is 24.2 Å². The van der Waals surface area contributed by atoms with E-state index in [0.717, 1.165) is 25.9 Å². The molecule has 10 heteroatoms. The topological polar surface area (TPSA) is 69.1 Å². The molecule has 1 saturated heterocycles. The van der Waals surface area contributed by atoms with Crippen LogP contribution in [0.5, 0.6) is 0 Å². The zero-order valence-corrected chi connectivity index (χ0v) is 17.9. The first-order valence-corrected chi connectivity index (χ1v) is 11.2. The Hall–Kier alpha value is -2.62. The molecule has 1 aliphatic heterocycles. The molecule has 0 unspecified atom stereocenters. The molecule has 2 fully saturated rings. The molecule has 3 heterocycles. The Bertz CT molecular complexity index is 1170. The van der Waals surface area contributed by atoms with Gasteiger partial charge in [0.25, 0.3) is 5.95 Å². The van der Waals surface area contributed by atoms with Gasteiger partial charge in [0.2, 0.25) is 11.8 Å². The van der Waals surface area contributed by atoms with Crippen LogP contribution in [0.1, 0.15) is 57.3 Å². The largest absolute Gasteiger partial charge is 0.337 e. The van der Waals surface area contributed by atoms with Crippen LogP contribution in [0.15, 0.2) is 27.5 Å². The monoisotopic (exact) mass is 449 g/mol. The molecule has 32 heavy (non-hydrogen) atoms. The van der Waals surface area contributed by atoms with Crippen molar-refractivity contribution in [3.8, 4) is 5.95 Å². The summed E-state index contributed by atoms with van der Waals surface area (Å²) in [5.74, 6) is -2.36. The number of aromatic nitrogens is 4. The smallest absolute Gasteiger partial charge is 0.336 e. The van der Waals surface area contributed by atoms with E-state index in [4.69, 9.17) is 4.52 Å². The molecule has 172 valence electrons. The normalized spacial score (nSPS) is 20.9. The second-order valence-electron chi connectivity index (χ2n) is 8.83. The number of likely N-dealkylation sites (tertiary alicyclic amines) is 1. The van der Waals surface area contributed by atoms with Crippen LogP contribution in [0.4, 0.5) is 13.2 Å². The third-order valence-electron chi connectivity index (χ3n) is 6.92. The fraction of sp³-hybridized carbons (Fsp3) is 0.591. The number of rotatable bonds is 4. The summed E-state index contributed by atoms with van der Waals surface area (Å²) in [6.07, 6.45) is 2.56. The van der Waals surface area contributed by atoms with Gasteiger partial charge in [-0.3, -0.25) is 4.57 Å². The van der Waals surface area contributed by atoms with Crippen molar-refractivity contribution in [3.63, 3.8) is 0 Å². The van der Waals surface area contributed by atoms with Crippen molar-refractivity contribution >= 4 is 11.0 Å². The Labute approximate surface area is 182 Å². The summed E-state index contributed by atoms with van der Waals surface area (Å²) in [6.45, 7) is 3.86. The molecule has 0 radical (unpaired) electrons. The highest BCUT2D eigenvalue weighted by molar-refractivity contribution is 5.77. The van der Waals surface area contributed by atoms with Gasteiger partial charge in [-0.25, -0.2) is 22.5 Å². The molecule has 0 N–H and O–H groups in total. The number of piperidine rings is 1. The molecule has 0 bridgehead atoms. The Kier molecular flexibility index (Phi) is 5.35. The lowest BCUT2D eigenvalue weighted by Gasteiger charge is -2.40. The molecule has 2 aromatic heterocycles. The number of aryl methyl sites for hydroxylation is 1. The first-order chi connectivity index (χ1) is 15.4. The van der Waals surface area contributed by atoms with E-state index in [1.165, 1.54) is 21.3 Å². The average molecular weight is 449 g/mol. The second-order valence-corrected chi connectivity index (χ2v) is 8.83. The van der Waals surface area contributed by atoms with Crippen LogP contribution < -0.4 is 5.69 Å². The van der Waals surface area contributed by atoms with Gasteiger partial charge in [0, 0.05) is 37.4 Å². The minimum Gasteiger partial charge on any atom is -0.337 e. The van der Waals surface area contributed by atoms with E-state index in [9.17, 15) is 18.0 Å². The van der Waals surface area contributed by atoms with Crippen molar-refractivity contribution in [2.45, 2.75) is 69.9 Å². The van der Waals surface area contributed by atoms with Gasteiger partial charge in [-0.2, -0.15) is 4.98 Å². The predicted molar refractivity (Wildman–Crippen MR) is 112 cm³/mol. The van der Waals surface area contributed by atoms with E-state index in [0.29, 0.717) is 36.3 Å². The van der Waals surface area contributed by atoms with Gasteiger partial charge < -0.3 is 9.42 Å². The number of alkyl halides is 2. The highest BCUT2D eigenvalue weighted by atomic mass is 19.3. The molecule has 5 rings (SSSR count). The number of benzene rings is 1. The first kappa shape index (κ1) is 21.2. The van der Waals surface area contributed by atoms with Gasteiger partial charge in [-0.05, 0) is 63.0 Å². The highest BCUT2D eigenvalue weighted by Gasteiger charge is 2.38. The summed E-state index contributed by atoms with van der Waals surface area (Å²) >= 11 is 0. The van der Waals surface area contributed by atoms with Crippen molar-refractivity contribution in [2.24, 2.45) is 0 Å². The molecular weight excluding hydrogens is 423 g/mol. The maximum atomic E-state index is 13.9. The van der Waals surface area contributed by atoms with Crippen LogP contribution in [0.25, 0.3) is 17.0 Å². The van der Waals surface area contributed by atoms with E-state index < -0.39 is 11.7 Å². The maximum absolute atomic E-state index is 13.9. The van der Waals surface area contributed by atoms with Gasteiger partial charge in [0.1, 0.15) is 5.82 Å². The third kappa shape index (κ3) is 3.74. The molecule has 1 saturated carbocycles. The first-order valence-electron chi connectivity index (χ1n) is 11.2. The number of fused-ring (bicyclic) bond motifs is 1. The number of hydrogen-bond acceptors (Lipinski definition) is 5. The minimum absolute atomic E-state index is 0.0364. The number of halogens is 3. The lowest BCUT2D eigenvalue weighted by molar-refractivity contribution is -0.0560. The van der Waals surface area contributed by atoms with Crippen molar-refractivity contribution in [1.29, 1.82) is 0 Å².